The number of ether oxygens (including phenoxy) is 2. The van der Waals surface area contributed by atoms with Crippen LogP contribution in [0.5, 0.6) is 11.8 Å². The molecule has 0 radical (unpaired) electrons. The minimum absolute atomic E-state index is 0.547. The van der Waals surface area contributed by atoms with Crippen LogP contribution in [0.3, 0.4) is 0 Å². The van der Waals surface area contributed by atoms with Crippen LogP contribution in [0.25, 0.3) is 11.4 Å². The summed E-state index contributed by atoms with van der Waals surface area (Å²) in [6.45, 7) is 2.43. The first kappa shape index (κ1) is 18.2. The zero-order valence-electron chi connectivity index (χ0n) is 16.1. The van der Waals surface area contributed by atoms with Crippen LogP contribution in [0.4, 0.5) is 5.69 Å². The molecule has 2 aromatic heterocycles. The summed E-state index contributed by atoms with van der Waals surface area (Å²) in [4.78, 5) is 16.1. The monoisotopic (exact) mass is 377 g/mol. The predicted molar refractivity (Wildman–Crippen MR) is 107 cm³/mol. The van der Waals surface area contributed by atoms with E-state index in [-0.39, 0.29) is 0 Å². The quantitative estimate of drug-likeness (QED) is 0.684. The van der Waals surface area contributed by atoms with Gasteiger partial charge in [0.1, 0.15) is 0 Å². The van der Waals surface area contributed by atoms with Crippen molar-refractivity contribution in [3.05, 3.63) is 59.4 Å². The average Bonchev–Trinajstić information content (AvgIpc) is 2.74. The molecule has 3 heterocycles. The number of nitrogens with zero attached hydrogens (tertiary/aromatic N) is 4. The van der Waals surface area contributed by atoms with Crippen molar-refractivity contribution in [3.63, 3.8) is 0 Å². The van der Waals surface area contributed by atoms with E-state index < -0.39 is 0 Å². The van der Waals surface area contributed by atoms with Crippen LogP contribution in [-0.2, 0) is 19.5 Å². The average molecular weight is 377 g/mol. The van der Waals surface area contributed by atoms with Crippen LogP contribution < -0.4 is 15.2 Å². The molecule has 28 heavy (non-hydrogen) atoms. The number of fused-ring (bicyclic) bond motifs is 1. The Morgan fingerprint density at radius 3 is 2.61 bits per heavy atom. The van der Waals surface area contributed by atoms with E-state index >= 15 is 0 Å². The molecule has 0 saturated carbocycles. The fourth-order valence-electron chi connectivity index (χ4n) is 3.37. The van der Waals surface area contributed by atoms with Crippen LogP contribution in [0.15, 0.2) is 42.6 Å². The fourth-order valence-corrected chi connectivity index (χ4v) is 3.37. The van der Waals surface area contributed by atoms with Crippen LogP contribution >= 0.6 is 0 Å². The van der Waals surface area contributed by atoms with Gasteiger partial charge in [-0.2, -0.15) is 4.98 Å². The van der Waals surface area contributed by atoms with Gasteiger partial charge in [0.05, 0.1) is 19.9 Å². The Balaban J connectivity index is 1.54. The highest BCUT2D eigenvalue weighted by Crippen LogP contribution is 2.25. The summed E-state index contributed by atoms with van der Waals surface area (Å²) in [5.74, 6) is 1.87. The number of pyridine rings is 1. The summed E-state index contributed by atoms with van der Waals surface area (Å²) >= 11 is 0. The Hall–Kier alpha value is -3.19. The molecule has 0 unspecified atom stereocenters. The molecule has 0 amide bonds. The third-order valence-corrected chi connectivity index (χ3v) is 4.90. The smallest absolute Gasteiger partial charge is 0.220 e. The largest absolute Gasteiger partial charge is 0.481 e. The van der Waals surface area contributed by atoms with Gasteiger partial charge in [-0.25, -0.2) is 9.97 Å². The van der Waals surface area contributed by atoms with E-state index in [2.05, 4.69) is 14.9 Å². The second kappa shape index (κ2) is 7.82. The molecule has 3 aromatic rings. The number of nitrogen functional groups attached to an aromatic ring is 1. The molecule has 7 heteroatoms. The molecule has 0 fully saturated rings. The third kappa shape index (κ3) is 3.75. The SMILES string of the molecule is COc1ccc(CN2CCc3cnc(-c4ccc(N)cc4)nc3C2)c(OC)n1. The molecule has 0 saturated heterocycles. The van der Waals surface area contributed by atoms with E-state index in [1.807, 2.05) is 42.6 Å². The van der Waals surface area contributed by atoms with Gasteiger partial charge < -0.3 is 15.2 Å². The van der Waals surface area contributed by atoms with Crippen molar-refractivity contribution in [2.24, 2.45) is 0 Å². The van der Waals surface area contributed by atoms with E-state index in [0.717, 1.165) is 54.4 Å². The Morgan fingerprint density at radius 2 is 1.86 bits per heavy atom. The maximum Gasteiger partial charge on any atom is 0.220 e. The van der Waals surface area contributed by atoms with E-state index in [1.165, 1.54) is 5.56 Å². The molecule has 1 aliphatic rings. The van der Waals surface area contributed by atoms with Gasteiger partial charge in [-0.05, 0) is 42.3 Å². The van der Waals surface area contributed by atoms with E-state index in [4.69, 9.17) is 20.2 Å². The van der Waals surface area contributed by atoms with Crippen molar-refractivity contribution >= 4 is 5.69 Å². The van der Waals surface area contributed by atoms with Crippen LogP contribution in [0.1, 0.15) is 16.8 Å². The molecule has 144 valence electrons. The number of hydrogen-bond donors (Lipinski definition) is 1. The second-order valence-corrected chi connectivity index (χ2v) is 6.77. The Morgan fingerprint density at radius 1 is 1.04 bits per heavy atom. The fraction of sp³-hybridized carbons (Fsp3) is 0.286. The Bertz CT molecular complexity index is 975. The molecule has 0 atom stereocenters. The molecular formula is C21H23N5O2. The second-order valence-electron chi connectivity index (χ2n) is 6.77. The lowest BCUT2D eigenvalue weighted by Crippen LogP contribution is -2.31. The molecule has 1 aliphatic heterocycles. The summed E-state index contributed by atoms with van der Waals surface area (Å²) in [6, 6.07) is 11.5. The highest BCUT2D eigenvalue weighted by Gasteiger charge is 2.20. The molecule has 0 aliphatic carbocycles. The first-order valence-electron chi connectivity index (χ1n) is 9.17. The van der Waals surface area contributed by atoms with Gasteiger partial charge in [0.15, 0.2) is 5.82 Å². The zero-order chi connectivity index (χ0) is 19.5. The van der Waals surface area contributed by atoms with Crippen LogP contribution in [0, 0.1) is 0 Å². The van der Waals surface area contributed by atoms with Gasteiger partial charge in [-0.15, -0.1) is 0 Å². The number of nitrogens with two attached hydrogens (primary N) is 1. The molecule has 7 nitrogen and oxygen atoms in total. The van der Waals surface area contributed by atoms with Crippen molar-refractivity contribution in [1.82, 2.24) is 19.9 Å². The van der Waals surface area contributed by atoms with Gasteiger partial charge in [-0.1, -0.05) is 0 Å². The number of benzene rings is 1. The molecule has 4 rings (SSSR count). The number of aromatic nitrogens is 3. The van der Waals surface area contributed by atoms with Crippen molar-refractivity contribution in [1.29, 1.82) is 0 Å². The Kier molecular flexibility index (Phi) is 5.08. The van der Waals surface area contributed by atoms with Crippen molar-refractivity contribution < 1.29 is 9.47 Å². The summed E-state index contributed by atoms with van der Waals surface area (Å²) in [6.07, 6.45) is 2.87. The molecule has 1 aromatic carbocycles. The van der Waals surface area contributed by atoms with Crippen molar-refractivity contribution in [3.8, 4) is 23.1 Å². The molecule has 0 spiro atoms. The van der Waals surface area contributed by atoms with Crippen LogP contribution in [0.2, 0.25) is 0 Å². The summed E-state index contributed by atoms with van der Waals surface area (Å²) in [5, 5.41) is 0. The van der Waals surface area contributed by atoms with Crippen molar-refractivity contribution in [2.45, 2.75) is 19.5 Å². The summed E-state index contributed by atoms with van der Waals surface area (Å²) in [7, 11) is 3.23. The van der Waals surface area contributed by atoms with Gasteiger partial charge in [0, 0.05) is 48.7 Å². The lowest BCUT2D eigenvalue weighted by atomic mass is 10.1. The topological polar surface area (TPSA) is 86.4 Å². The van der Waals surface area contributed by atoms with E-state index in [1.54, 1.807) is 14.2 Å². The van der Waals surface area contributed by atoms with E-state index in [0.29, 0.717) is 11.8 Å². The summed E-state index contributed by atoms with van der Waals surface area (Å²) in [5.41, 5.74) is 10.8. The first-order valence-corrected chi connectivity index (χ1v) is 9.17. The number of hydrogen-bond acceptors (Lipinski definition) is 7. The van der Waals surface area contributed by atoms with Crippen molar-refractivity contribution in [2.75, 3.05) is 26.5 Å². The number of methoxy groups -OCH3 is 2. The maximum absolute atomic E-state index is 5.78. The normalized spacial score (nSPS) is 13.8. The standard InChI is InChI=1S/C21H23N5O2/c1-27-19-8-5-16(21(25-19)28-2)12-26-10-9-15-11-23-20(24-18(15)13-26)14-3-6-17(22)7-4-14/h3-8,11H,9-10,12-13,22H2,1-2H3. The van der Waals surface area contributed by atoms with Gasteiger partial charge in [0.25, 0.3) is 0 Å². The van der Waals surface area contributed by atoms with Gasteiger partial charge >= 0.3 is 0 Å². The highest BCUT2D eigenvalue weighted by atomic mass is 16.5. The third-order valence-electron chi connectivity index (χ3n) is 4.90. The highest BCUT2D eigenvalue weighted by molar-refractivity contribution is 5.58. The molecule has 2 N–H and O–H groups in total. The lowest BCUT2D eigenvalue weighted by Gasteiger charge is -2.28. The number of anilines is 1. The van der Waals surface area contributed by atoms with Crippen LogP contribution in [-0.4, -0.2) is 40.6 Å². The van der Waals surface area contributed by atoms with Gasteiger partial charge in [-0.3, -0.25) is 4.90 Å². The minimum Gasteiger partial charge on any atom is -0.481 e. The van der Waals surface area contributed by atoms with E-state index in [9.17, 15) is 0 Å². The number of rotatable bonds is 5. The summed E-state index contributed by atoms with van der Waals surface area (Å²) < 4.78 is 10.6. The Labute approximate surface area is 164 Å². The minimum atomic E-state index is 0.547. The first-order chi connectivity index (χ1) is 13.7. The lowest BCUT2D eigenvalue weighted by molar-refractivity contribution is 0.236. The predicted octanol–water partition coefficient (Wildman–Crippen LogP) is 2.70. The molecular weight excluding hydrogens is 354 g/mol. The molecule has 0 bridgehead atoms. The van der Waals surface area contributed by atoms with Gasteiger partial charge in [0.2, 0.25) is 11.8 Å². The zero-order valence-corrected chi connectivity index (χ0v) is 16.1. The maximum atomic E-state index is 5.78.